The number of nitrogen functional groups attached to an aromatic ring is 1. The van der Waals surface area contributed by atoms with Gasteiger partial charge in [0, 0.05) is 10.8 Å². The molecule has 0 spiro atoms. The predicted octanol–water partition coefficient (Wildman–Crippen LogP) is 3.13. The van der Waals surface area contributed by atoms with Gasteiger partial charge in [-0.3, -0.25) is 4.68 Å². The Morgan fingerprint density at radius 3 is 1.69 bits per heavy atom. The summed E-state index contributed by atoms with van der Waals surface area (Å²) in [5.74, 6) is 6.19. The van der Waals surface area contributed by atoms with Crippen molar-refractivity contribution >= 4 is 21.8 Å². The lowest BCUT2D eigenvalue weighted by atomic mass is 10.1. The van der Waals surface area contributed by atoms with Crippen molar-refractivity contribution in [3.63, 3.8) is 0 Å². The first kappa shape index (κ1) is 9.28. The van der Waals surface area contributed by atoms with E-state index in [0.717, 1.165) is 11.0 Å². The van der Waals surface area contributed by atoms with E-state index in [1.54, 1.807) is 0 Å². The fraction of sp³-hybridized carbons (Fsp3) is 0.143. The van der Waals surface area contributed by atoms with Gasteiger partial charge in [-0.2, -0.15) is 0 Å². The molecule has 0 saturated heterocycles. The van der Waals surface area contributed by atoms with Crippen molar-refractivity contribution in [2.75, 3.05) is 5.84 Å². The highest BCUT2D eigenvalue weighted by Crippen LogP contribution is 2.30. The third-order valence-electron chi connectivity index (χ3n) is 3.25. The van der Waals surface area contributed by atoms with Crippen LogP contribution in [-0.4, -0.2) is 4.68 Å². The van der Waals surface area contributed by atoms with E-state index in [-0.39, 0.29) is 0 Å². The van der Waals surface area contributed by atoms with E-state index in [9.17, 15) is 0 Å². The molecule has 3 rings (SSSR count). The van der Waals surface area contributed by atoms with Crippen LogP contribution in [0, 0.1) is 13.8 Å². The topological polar surface area (TPSA) is 30.9 Å². The molecule has 0 aliphatic carbocycles. The van der Waals surface area contributed by atoms with Crippen LogP contribution in [0.4, 0.5) is 0 Å². The average Bonchev–Trinajstić information content (AvgIpc) is 2.56. The summed E-state index contributed by atoms with van der Waals surface area (Å²) in [6.07, 6.45) is 0. The quantitative estimate of drug-likeness (QED) is 0.568. The summed E-state index contributed by atoms with van der Waals surface area (Å²) in [4.78, 5) is 0. The van der Waals surface area contributed by atoms with Crippen LogP contribution in [0.3, 0.4) is 0 Å². The first-order valence-electron chi connectivity index (χ1n) is 5.44. The number of benzene rings is 2. The summed E-state index contributed by atoms with van der Waals surface area (Å²) in [6, 6.07) is 12.6. The first-order chi connectivity index (χ1) is 7.70. The van der Waals surface area contributed by atoms with E-state index in [0.29, 0.717) is 0 Å². The van der Waals surface area contributed by atoms with Crippen LogP contribution in [0.25, 0.3) is 21.8 Å². The van der Waals surface area contributed by atoms with Gasteiger partial charge in [0.15, 0.2) is 0 Å². The van der Waals surface area contributed by atoms with E-state index in [1.165, 1.54) is 21.9 Å². The average molecular weight is 210 g/mol. The molecule has 2 aromatic carbocycles. The zero-order valence-electron chi connectivity index (χ0n) is 9.49. The molecular formula is C14H14N2. The Bertz CT molecular complexity index is 633. The van der Waals surface area contributed by atoms with Gasteiger partial charge in [-0.25, -0.2) is 0 Å². The van der Waals surface area contributed by atoms with E-state index in [2.05, 4.69) is 50.2 Å². The van der Waals surface area contributed by atoms with Gasteiger partial charge in [-0.05, 0) is 25.0 Å². The standard InChI is InChI=1S/C14H14N2/c1-9-5-3-7-11-12-8-4-6-10(2)14(12)16(15)13(9)11/h3-8H,15H2,1-2H3. The van der Waals surface area contributed by atoms with Crippen molar-refractivity contribution < 1.29 is 0 Å². The maximum Gasteiger partial charge on any atom is 0.0732 e. The van der Waals surface area contributed by atoms with Crippen LogP contribution in [0.15, 0.2) is 36.4 Å². The smallest absolute Gasteiger partial charge is 0.0732 e. The molecule has 16 heavy (non-hydrogen) atoms. The van der Waals surface area contributed by atoms with Crippen LogP contribution in [-0.2, 0) is 0 Å². The second-order valence-corrected chi connectivity index (χ2v) is 4.31. The molecule has 0 radical (unpaired) electrons. The third-order valence-corrected chi connectivity index (χ3v) is 3.25. The number of nitrogens with two attached hydrogens (primary N) is 1. The van der Waals surface area contributed by atoms with Crippen molar-refractivity contribution in [2.24, 2.45) is 0 Å². The zero-order valence-corrected chi connectivity index (χ0v) is 9.49. The molecule has 0 atom stereocenters. The van der Waals surface area contributed by atoms with Crippen LogP contribution in [0.1, 0.15) is 11.1 Å². The molecule has 1 aromatic heterocycles. The van der Waals surface area contributed by atoms with Gasteiger partial charge in [0.25, 0.3) is 0 Å². The van der Waals surface area contributed by atoms with Crippen molar-refractivity contribution in [1.82, 2.24) is 4.68 Å². The van der Waals surface area contributed by atoms with E-state index < -0.39 is 0 Å². The summed E-state index contributed by atoms with van der Waals surface area (Å²) in [6.45, 7) is 4.19. The minimum absolute atomic E-state index is 1.13. The second kappa shape index (κ2) is 3.01. The monoisotopic (exact) mass is 210 g/mol. The van der Waals surface area contributed by atoms with Crippen molar-refractivity contribution in [2.45, 2.75) is 13.8 Å². The minimum Gasteiger partial charge on any atom is -0.339 e. The van der Waals surface area contributed by atoms with E-state index in [1.807, 2.05) is 4.68 Å². The molecule has 80 valence electrons. The third kappa shape index (κ3) is 1.01. The summed E-state index contributed by atoms with van der Waals surface area (Å²) in [7, 11) is 0. The van der Waals surface area contributed by atoms with Crippen LogP contribution in [0.5, 0.6) is 0 Å². The van der Waals surface area contributed by atoms with Gasteiger partial charge < -0.3 is 5.84 Å². The minimum atomic E-state index is 1.13. The molecule has 1 heterocycles. The molecule has 0 unspecified atom stereocenters. The molecule has 2 N–H and O–H groups in total. The van der Waals surface area contributed by atoms with Crippen LogP contribution in [0.2, 0.25) is 0 Å². The molecular weight excluding hydrogens is 196 g/mol. The zero-order chi connectivity index (χ0) is 11.3. The number of para-hydroxylation sites is 2. The normalized spacial score (nSPS) is 11.4. The maximum absolute atomic E-state index is 6.19. The molecule has 3 aromatic rings. The highest BCUT2D eigenvalue weighted by Gasteiger charge is 2.11. The van der Waals surface area contributed by atoms with Gasteiger partial charge in [-0.1, -0.05) is 36.4 Å². The SMILES string of the molecule is Cc1cccc2c3cccc(C)c3n(N)c12. The molecule has 0 bridgehead atoms. The van der Waals surface area contributed by atoms with Crippen molar-refractivity contribution in [1.29, 1.82) is 0 Å². The fourth-order valence-corrected chi connectivity index (χ4v) is 2.50. The summed E-state index contributed by atoms with van der Waals surface area (Å²) in [5, 5.41) is 2.47. The van der Waals surface area contributed by atoms with Crippen molar-refractivity contribution in [3.05, 3.63) is 47.5 Å². The predicted molar refractivity (Wildman–Crippen MR) is 69.1 cm³/mol. The first-order valence-corrected chi connectivity index (χ1v) is 5.44. The lowest BCUT2D eigenvalue weighted by molar-refractivity contribution is 1.10. The van der Waals surface area contributed by atoms with E-state index in [4.69, 9.17) is 5.84 Å². The molecule has 0 aliphatic heterocycles. The van der Waals surface area contributed by atoms with E-state index >= 15 is 0 Å². The number of hydrogen-bond donors (Lipinski definition) is 1. The lowest BCUT2D eigenvalue weighted by Gasteiger charge is -2.02. The molecule has 0 saturated carbocycles. The number of aryl methyl sites for hydroxylation is 2. The molecule has 2 nitrogen and oxygen atoms in total. The summed E-state index contributed by atoms with van der Waals surface area (Å²) in [5.41, 5.74) is 4.70. The number of fused-ring (bicyclic) bond motifs is 3. The fourth-order valence-electron chi connectivity index (χ4n) is 2.50. The van der Waals surface area contributed by atoms with Gasteiger partial charge in [0.05, 0.1) is 11.0 Å². The molecule has 2 heteroatoms. The maximum atomic E-state index is 6.19. The summed E-state index contributed by atoms with van der Waals surface area (Å²) < 4.78 is 1.81. The highest BCUT2D eigenvalue weighted by atomic mass is 15.3. The second-order valence-electron chi connectivity index (χ2n) is 4.31. The Kier molecular flexibility index (Phi) is 1.75. The van der Waals surface area contributed by atoms with Gasteiger partial charge in [0.1, 0.15) is 0 Å². The Morgan fingerprint density at radius 1 is 0.812 bits per heavy atom. The van der Waals surface area contributed by atoms with Gasteiger partial charge in [0.2, 0.25) is 0 Å². The lowest BCUT2D eigenvalue weighted by Crippen LogP contribution is -2.08. The molecule has 0 amide bonds. The number of rotatable bonds is 0. The summed E-state index contributed by atoms with van der Waals surface area (Å²) >= 11 is 0. The van der Waals surface area contributed by atoms with Gasteiger partial charge in [-0.15, -0.1) is 0 Å². The Morgan fingerprint density at radius 2 is 1.25 bits per heavy atom. The number of hydrogen-bond acceptors (Lipinski definition) is 1. The molecule has 0 aliphatic rings. The van der Waals surface area contributed by atoms with Gasteiger partial charge >= 0.3 is 0 Å². The Balaban J connectivity index is 2.70. The number of aromatic nitrogens is 1. The van der Waals surface area contributed by atoms with Crippen molar-refractivity contribution in [3.8, 4) is 0 Å². The van der Waals surface area contributed by atoms with Crippen LogP contribution >= 0.6 is 0 Å². The Hall–Kier alpha value is -1.96. The van der Waals surface area contributed by atoms with Crippen LogP contribution < -0.4 is 5.84 Å². The number of nitrogens with zero attached hydrogens (tertiary/aromatic N) is 1. The largest absolute Gasteiger partial charge is 0.339 e. The Labute approximate surface area is 94.3 Å². The molecule has 0 fully saturated rings. The highest BCUT2D eigenvalue weighted by molar-refractivity contribution is 6.09.